The number of hydrogen-bond acceptors (Lipinski definition) is 3. The van der Waals surface area contributed by atoms with E-state index in [1.165, 1.54) is 22.3 Å². The zero-order valence-electron chi connectivity index (χ0n) is 16.0. The van der Waals surface area contributed by atoms with Gasteiger partial charge in [0.05, 0.1) is 0 Å². The summed E-state index contributed by atoms with van der Waals surface area (Å²) in [5, 5.41) is 0. The third-order valence-electron chi connectivity index (χ3n) is 6.63. The van der Waals surface area contributed by atoms with Gasteiger partial charge in [-0.3, -0.25) is 4.79 Å². The summed E-state index contributed by atoms with van der Waals surface area (Å²) in [7, 11) is 0. The number of carbonyl (C=O) groups excluding carboxylic acids is 2. The monoisotopic (exact) mass is 375 g/mol. The van der Waals surface area contributed by atoms with Crippen LogP contribution >= 0.6 is 0 Å². The highest BCUT2D eigenvalue weighted by atomic mass is 16.6. The van der Waals surface area contributed by atoms with Crippen molar-refractivity contribution in [2.75, 3.05) is 6.61 Å². The molecule has 2 fully saturated rings. The van der Waals surface area contributed by atoms with Crippen molar-refractivity contribution in [2.24, 2.45) is 0 Å². The summed E-state index contributed by atoms with van der Waals surface area (Å²) in [5.74, 6) is 0.357. The first-order valence-electron chi connectivity index (χ1n) is 10.4. The lowest BCUT2D eigenvalue weighted by atomic mass is 9.95. The predicted octanol–water partition coefficient (Wildman–Crippen LogP) is 4.91. The quantitative estimate of drug-likeness (QED) is 0.749. The topological polar surface area (TPSA) is 46.6 Å². The summed E-state index contributed by atoms with van der Waals surface area (Å²) in [5.41, 5.74) is 4.92. The van der Waals surface area contributed by atoms with Gasteiger partial charge in [-0.15, -0.1) is 0 Å². The molecule has 2 bridgehead atoms. The van der Waals surface area contributed by atoms with E-state index in [2.05, 4.69) is 36.4 Å². The first-order valence-corrected chi connectivity index (χ1v) is 10.4. The molecule has 2 aromatic carbocycles. The average Bonchev–Trinajstić information content (AvgIpc) is 2.99. The van der Waals surface area contributed by atoms with Crippen LogP contribution in [0.5, 0.6) is 0 Å². The van der Waals surface area contributed by atoms with Crippen molar-refractivity contribution >= 4 is 11.9 Å². The Labute approximate surface area is 165 Å². The number of benzene rings is 2. The molecule has 1 aliphatic carbocycles. The van der Waals surface area contributed by atoms with Crippen LogP contribution in [-0.4, -0.2) is 35.5 Å². The molecule has 0 radical (unpaired) electrons. The van der Waals surface area contributed by atoms with Gasteiger partial charge in [0.2, 0.25) is 0 Å². The second-order valence-corrected chi connectivity index (χ2v) is 8.23. The maximum absolute atomic E-state index is 13.0. The largest absolute Gasteiger partial charge is 0.448 e. The number of Topliss-reactive ketones (excluding diaryl/α,β-unsaturated/α-hetero) is 1. The molecular weight excluding hydrogens is 350 g/mol. The van der Waals surface area contributed by atoms with E-state index in [1.807, 2.05) is 17.0 Å². The van der Waals surface area contributed by atoms with E-state index in [4.69, 9.17) is 4.74 Å². The Hall–Kier alpha value is -2.62. The first kappa shape index (κ1) is 17.5. The summed E-state index contributed by atoms with van der Waals surface area (Å²) >= 11 is 0. The van der Waals surface area contributed by atoms with Gasteiger partial charge in [0.1, 0.15) is 12.4 Å². The van der Waals surface area contributed by atoms with Crippen LogP contribution in [0.3, 0.4) is 0 Å². The molecule has 0 N–H and O–H groups in total. The third-order valence-corrected chi connectivity index (χ3v) is 6.63. The lowest BCUT2D eigenvalue weighted by Crippen LogP contribution is -2.49. The van der Waals surface area contributed by atoms with Gasteiger partial charge >= 0.3 is 6.09 Å². The molecule has 4 nitrogen and oxygen atoms in total. The van der Waals surface area contributed by atoms with Gasteiger partial charge in [-0.1, -0.05) is 48.5 Å². The van der Waals surface area contributed by atoms with Gasteiger partial charge in [0.25, 0.3) is 0 Å². The molecule has 2 atom stereocenters. The van der Waals surface area contributed by atoms with Gasteiger partial charge in [-0.25, -0.2) is 4.79 Å². The predicted molar refractivity (Wildman–Crippen MR) is 107 cm³/mol. The zero-order chi connectivity index (χ0) is 19.1. The standard InChI is InChI=1S/C24H25NO3/c26-18-13-12-16-6-5-7-17(14-18)25(16)24(27)28-15-23-21-10-3-1-8-19(21)20-9-2-4-11-22(20)23/h1-4,8-11,16-17,23H,5-7,12-15H2. The summed E-state index contributed by atoms with van der Waals surface area (Å²) in [6.45, 7) is 0.344. The molecule has 4 heteroatoms. The molecule has 2 heterocycles. The minimum absolute atomic E-state index is 0.0180. The molecule has 0 saturated carbocycles. The average molecular weight is 375 g/mol. The van der Waals surface area contributed by atoms with Crippen molar-refractivity contribution in [3.63, 3.8) is 0 Å². The van der Waals surface area contributed by atoms with Crippen molar-refractivity contribution in [3.05, 3.63) is 59.7 Å². The number of rotatable bonds is 2. The van der Waals surface area contributed by atoms with Crippen LogP contribution < -0.4 is 0 Å². The molecule has 0 spiro atoms. The van der Waals surface area contributed by atoms with E-state index in [0.29, 0.717) is 19.4 Å². The molecule has 3 aliphatic rings. The Morgan fingerprint density at radius 1 is 0.929 bits per heavy atom. The maximum Gasteiger partial charge on any atom is 0.410 e. The van der Waals surface area contributed by atoms with Crippen LogP contribution in [0.2, 0.25) is 0 Å². The van der Waals surface area contributed by atoms with Crippen LogP contribution in [0.4, 0.5) is 4.79 Å². The van der Waals surface area contributed by atoms with E-state index in [1.54, 1.807) is 0 Å². The number of piperidine rings is 1. The third kappa shape index (κ3) is 2.92. The second-order valence-electron chi connectivity index (χ2n) is 8.23. The Morgan fingerprint density at radius 3 is 2.29 bits per heavy atom. The van der Waals surface area contributed by atoms with Crippen LogP contribution in [0.25, 0.3) is 11.1 Å². The van der Waals surface area contributed by atoms with Crippen molar-refractivity contribution in [1.82, 2.24) is 4.90 Å². The Bertz CT molecular complexity index is 876. The number of amides is 1. The van der Waals surface area contributed by atoms with Gasteiger partial charge < -0.3 is 9.64 Å². The van der Waals surface area contributed by atoms with Gasteiger partial charge in [-0.2, -0.15) is 0 Å². The number of ketones is 1. The fourth-order valence-corrected chi connectivity index (χ4v) is 5.31. The molecule has 28 heavy (non-hydrogen) atoms. The summed E-state index contributed by atoms with van der Waals surface area (Å²) in [6.07, 6.45) is 4.59. The first-order chi connectivity index (χ1) is 13.7. The van der Waals surface area contributed by atoms with Crippen LogP contribution in [0.15, 0.2) is 48.5 Å². The van der Waals surface area contributed by atoms with Crippen molar-refractivity contribution in [3.8, 4) is 11.1 Å². The fourth-order valence-electron chi connectivity index (χ4n) is 5.31. The molecule has 2 aliphatic heterocycles. The van der Waals surface area contributed by atoms with E-state index < -0.39 is 0 Å². The minimum atomic E-state index is -0.244. The normalized spacial score (nSPS) is 23.7. The number of fused-ring (bicyclic) bond motifs is 5. The molecule has 5 rings (SSSR count). The van der Waals surface area contributed by atoms with Gasteiger partial charge in [0, 0.05) is 30.8 Å². The molecule has 1 amide bonds. The molecular formula is C24H25NO3. The smallest absolute Gasteiger partial charge is 0.410 e. The Kier molecular flexibility index (Phi) is 4.42. The highest BCUT2D eigenvalue weighted by molar-refractivity contribution is 5.81. The summed E-state index contributed by atoms with van der Waals surface area (Å²) in [6, 6.07) is 16.9. The minimum Gasteiger partial charge on any atom is -0.448 e. The van der Waals surface area contributed by atoms with Gasteiger partial charge in [0.15, 0.2) is 0 Å². The molecule has 2 aromatic rings. The highest BCUT2D eigenvalue weighted by Gasteiger charge is 2.39. The summed E-state index contributed by atoms with van der Waals surface area (Å²) in [4.78, 5) is 27.0. The van der Waals surface area contributed by atoms with Crippen LogP contribution in [-0.2, 0) is 9.53 Å². The molecule has 2 unspecified atom stereocenters. The lowest BCUT2D eigenvalue weighted by molar-refractivity contribution is -0.119. The number of nitrogens with zero attached hydrogens (tertiary/aromatic N) is 1. The van der Waals surface area contributed by atoms with E-state index in [9.17, 15) is 9.59 Å². The van der Waals surface area contributed by atoms with E-state index in [-0.39, 0.29) is 29.9 Å². The SMILES string of the molecule is O=C1CCC2CCCC(C1)N2C(=O)OCC1c2ccccc2-c2ccccc21. The van der Waals surface area contributed by atoms with Crippen molar-refractivity contribution in [2.45, 2.75) is 56.5 Å². The van der Waals surface area contributed by atoms with E-state index in [0.717, 1.165) is 25.7 Å². The molecule has 0 aromatic heterocycles. The van der Waals surface area contributed by atoms with Crippen molar-refractivity contribution in [1.29, 1.82) is 0 Å². The van der Waals surface area contributed by atoms with Crippen LogP contribution in [0, 0.1) is 0 Å². The number of hydrogen-bond donors (Lipinski definition) is 0. The maximum atomic E-state index is 13.0. The van der Waals surface area contributed by atoms with Crippen LogP contribution in [0.1, 0.15) is 55.6 Å². The lowest BCUT2D eigenvalue weighted by Gasteiger charge is -2.39. The van der Waals surface area contributed by atoms with Gasteiger partial charge in [-0.05, 0) is 47.9 Å². The second kappa shape index (κ2) is 7.08. The molecule has 2 saturated heterocycles. The summed E-state index contributed by atoms with van der Waals surface area (Å²) < 4.78 is 5.88. The fraction of sp³-hybridized carbons (Fsp3) is 0.417. The Morgan fingerprint density at radius 2 is 1.57 bits per heavy atom. The van der Waals surface area contributed by atoms with E-state index >= 15 is 0 Å². The highest BCUT2D eigenvalue weighted by Crippen LogP contribution is 2.44. The number of carbonyl (C=O) groups is 2. The number of ether oxygens (including phenoxy) is 1. The van der Waals surface area contributed by atoms with Crippen molar-refractivity contribution < 1.29 is 14.3 Å². The molecule has 144 valence electrons. The zero-order valence-corrected chi connectivity index (χ0v) is 16.0. The Balaban J connectivity index is 1.36.